The molecule has 32 heavy (non-hydrogen) atoms. The molecule has 0 fully saturated rings. The summed E-state index contributed by atoms with van der Waals surface area (Å²) in [7, 11) is 3.00. The molecule has 0 aliphatic heterocycles. The molecule has 8 nitrogen and oxygen atoms in total. The third-order valence-corrected chi connectivity index (χ3v) is 9.85. The Kier molecular flexibility index (Phi) is 11.5. The van der Waals surface area contributed by atoms with Gasteiger partial charge >= 0.3 is 5.97 Å². The first-order chi connectivity index (χ1) is 14.9. The first kappa shape index (κ1) is 28.2. The summed E-state index contributed by atoms with van der Waals surface area (Å²) < 4.78 is 10.4. The number of nitrogens with two attached hydrogens (primary N) is 1. The van der Waals surface area contributed by atoms with E-state index in [1.54, 1.807) is 17.0 Å². The highest BCUT2D eigenvalue weighted by molar-refractivity contribution is 8.68. The smallest absolute Gasteiger partial charge is 0.339 e. The maximum Gasteiger partial charge on any atom is 0.339 e. The highest BCUT2D eigenvalue weighted by Gasteiger charge is 2.24. The number of phenols is 1. The van der Waals surface area contributed by atoms with Crippen LogP contribution in [-0.4, -0.2) is 48.1 Å². The van der Waals surface area contributed by atoms with Crippen LogP contribution in [0.1, 0.15) is 24.2 Å². The van der Waals surface area contributed by atoms with Gasteiger partial charge in [0.2, 0.25) is 11.6 Å². The Morgan fingerprint density at radius 1 is 1.19 bits per heavy atom. The van der Waals surface area contributed by atoms with Gasteiger partial charge < -0.3 is 29.9 Å². The monoisotopic (exact) mass is 520 g/mol. The molecule has 0 bridgehead atoms. The van der Waals surface area contributed by atoms with Crippen molar-refractivity contribution in [3.05, 3.63) is 53.1 Å². The molecule has 0 radical (unpaired) electrons. The van der Waals surface area contributed by atoms with Crippen LogP contribution >= 0.6 is 28.7 Å². The summed E-state index contributed by atoms with van der Waals surface area (Å²) in [4.78, 5) is 24.5. The van der Waals surface area contributed by atoms with Crippen molar-refractivity contribution < 1.29 is 28.8 Å². The summed E-state index contributed by atoms with van der Waals surface area (Å²) in [5.74, 6) is -1.31. The van der Waals surface area contributed by atoms with E-state index in [2.05, 4.69) is 0 Å². The fourth-order valence-corrected chi connectivity index (χ4v) is 5.25. The lowest BCUT2D eigenvalue weighted by Crippen LogP contribution is -2.38. The van der Waals surface area contributed by atoms with Crippen LogP contribution in [0.25, 0.3) is 0 Å². The number of amides is 1. The number of carboxylic acids is 1. The number of aromatic carboxylic acids is 1. The molecule has 0 aliphatic rings. The molecule has 0 aliphatic carbocycles. The Morgan fingerprint density at radius 3 is 2.19 bits per heavy atom. The Labute approximate surface area is 201 Å². The molecule has 0 saturated heterocycles. The Bertz CT molecular complexity index is 967. The van der Waals surface area contributed by atoms with Gasteiger partial charge in [0.1, 0.15) is 11.3 Å². The second-order valence-corrected chi connectivity index (χ2v) is 13.5. The van der Waals surface area contributed by atoms with Gasteiger partial charge in [0.25, 0.3) is 0 Å². The second kappa shape index (κ2) is 13.0. The zero-order chi connectivity index (χ0) is 24.5. The molecule has 176 valence electrons. The van der Waals surface area contributed by atoms with Gasteiger partial charge in [-0.2, -0.15) is 0 Å². The van der Waals surface area contributed by atoms with Gasteiger partial charge in [0.15, 0.2) is 0 Å². The van der Waals surface area contributed by atoms with Crippen LogP contribution in [0.3, 0.4) is 0 Å². The summed E-state index contributed by atoms with van der Waals surface area (Å²) in [6.07, 6.45) is 0. The van der Waals surface area contributed by atoms with E-state index in [4.69, 9.17) is 48.4 Å². The third kappa shape index (κ3) is 8.61. The van der Waals surface area contributed by atoms with Gasteiger partial charge in [0.05, 0.1) is 5.75 Å². The molecule has 1 amide bonds. The molecule has 2 aromatic rings. The predicted molar refractivity (Wildman–Crippen MR) is 134 cm³/mol. The molecule has 0 saturated carbocycles. The van der Waals surface area contributed by atoms with Gasteiger partial charge in [-0.05, 0) is 62.1 Å². The Hall–Kier alpha value is -1.81. The number of rotatable bonds is 8. The van der Waals surface area contributed by atoms with Gasteiger partial charge in [-0.25, -0.2) is 4.79 Å². The van der Waals surface area contributed by atoms with E-state index in [1.165, 1.54) is 43.8 Å². The first-order valence-electron chi connectivity index (χ1n) is 9.19. The summed E-state index contributed by atoms with van der Waals surface area (Å²) >= 11 is 12.4. The van der Waals surface area contributed by atoms with Gasteiger partial charge in [-0.1, -0.05) is 23.0 Å². The maximum atomic E-state index is 12.5. The number of carbonyl (C=O) groups is 2. The lowest BCUT2D eigenvalue weighted by Gasteiger charge is -2.27. The van der Waals surface area contributed by atoms with Crippen molar-refractivity contribution >= 4 is 63.7 Å². The summed E-state index contributed by atoms with van der Waals surface area (Å²) in [5.41, 5.74) is 3.86. The molecule has 0 unspecified atom stereocenters. The number of carbonyl (C=O) groups excluding carboxylic acids is 1. The fraction of sp³-hybridized carbons (Fsp3) is 0.300. The minimum absolute atomic E-state index is 0.0298. The van der Waals surface area contributed by atoms with E-state index in [9.17, 15) is 9.59 Å². The molecule has 0 heterocycles. The van der Waals surface area contributed by atoms with E-state index in [0.29, 0.717) is 10.7 Å². The summed E-state index contributed by atoms with van der Waals surface area (Å²) in [6.45, 7) is 3.92. The molecule has 12 heteroatoms. The Morgan fingerprint density at radius 2 is 1.75 bits per heavy atom. The number of benzene rings is 2. The average Bonchev–Trinajstić information content (AvgIpc) is 2.73. The van der Waals surface area contributed by atoms with E-state index in [1.807, 2.05) is 26.0 Å². The predicted octanol–water partition coefficient (Wildman–Crippen LogP) is 5.00. The second-order valence-electron chi connectivity index (χ2n) is 6.50. The number of hydrogen-bond donors (Lipinski definition) is 3. The maximum absolute atomic E-state index is 12.5. The van der Waals surface area contributed by atoms with Crippen LogP contribution in [0.15, 0.2) is 42.5 Å². The molecule has 4 N–H and O–H groups in total. The highest BCUT2D eigenvalue weighted by atomic mass is 35.5. The van der Waals surface area contributed by atoms with Crippen molar-refractivity contribution in [2.45, 2.75) is 19.9 Å². The zero-order valence-electron chi connectivity index (χ0n) is 18.0. The van der Waals surface area contributed by atoms with Crippen molar-refractivity contribution in [1.82, 2.24) is 0 Å². The molecule has 0 atom stereocenters. The lowest BCUT2D eigenvalue weighted by atomic mass is 10.2. The largest absolute Gasteiger partial charge is 0.507 e. The van der Waals surface area contributed by atoms with Gasteiger partial charge in [-0.15, -0.1) is 0 Å². The topological polar surface area (TPSA) is 122 Å². The number of nitrogen functional groups attached to an aromatic ring is 1. The first-order valence-corrected chi connectivity index (χ1v) is 13.8. The zero-order valence-corrected chi connectivity index (χ0v) is 21.3. The van der Waals surface area contributed by atoms with Crippen molar-refractivity contribution in [3.63, 3.8) is 0 Å². The Balaban J connectivity index is 0.000000389. The van der Waals surface area contributed by atoms with Crippen molar-refractivity contribution in [2.75, 3.05) is 30.6 Å². The minimum Gasteiger partial charge on any atom is -0.507 e. The van der Waals surface area contributed by atoms with Crippen LogP contribution in [0.2, 0.25) is 5.02 Å². The molecule has 2 rings (SSSR count). The summed E-state index contributed by atoms with van der Waals surface area (Å²) in [6, 6.07) is 11.1. The molecule has 0 spiro atoms. The number of aromatic hydroxyl groups is 1. The van der Waals surface area contributed by atoms with E-state index in [0.717, 1.165) is 5.69 Å². The molecular formula is C20H26ClN2O6PS2. The number of halogens is 1. The normalized spacial score (nSPS) is 10.9. The number of anilines is 2. The fourth-order valence-electron chi connectivity index (χ4n) is 2.45. The quantitative estimate of drug-likeness (QED) is 0.326. The van der Waals surface area contributed by atoms with E-state index < -0.39 is 11.7 Å². The number of nitrogens with zero attached hydrogens (tertiary/aromatic N) is 1. The van der Waals surface area contributed by atoms with Crippen molar-refractivity contribution in [1.29, 1.82) is 0 Å². The summed E-state index contributed by atoms with van der Waals surface area (Å²) in [5, 5.41) is 18.1. The lowest BCUT2D eigenvalue weighted by molar-refractivity contribution is -0.116. The standard InChI is InChI=1S/C13H19ClNO3PS2.C7H7NO3/c1-10(2)15(12-7-5-11(14)6-8-12)13(16)9-21-19(20,17-3)18-4;8-4-1-2-5(7(10)11)6(9)3-4/h5-8,10H,9H2,1-4H3;1-3,9H,8H2,(H,10,11). The van der Waals surface area contributed by atoms with Crippen LogP contribution < -0.4 is 10.6 Å². The molecular weight excluding hydrogens is 495 g/mol. The number of hydrogen-bond acceptors (Lipinski definition) is 8. The minimum atomic E-state index is -2.42. The van der Waals surface area contributed by atoms with Crippen LogP contribution in [0, 0.1) is 0 Å². The van der Waals surface area contributed by atoms with E-state index >= 15 is 0 Å². The average molecular weight is 521 g/mol. The van der Waals surface area contributed by atoms with Crippen LogP contribution in [-0.2, 0) is 25.6 Å². The highest BCUT2D eigenvalue weighted by Crippen LogP contribution is 2.59. The van der Waals surface area contributed by atoms with Gasteiger partial charge in [-0.3, -0.25) is 4.79 Å². The van der Waals surface area contributed by atoms with Crippen molar-refractivity contribution in [2.24, 2.45) is 0 Å². The third-order valence-electron chi connectivity index (χ3n) is 3.94. The van der Waals surface area contributed by atoms with Crippen LogP contribution in [0.5, 0.6) is 5.75 Å². The SMILES string of the molecule is COP(=S)(OC)SCC(=O)N(c1ccc(Cl)cc1)C(C)C.Nc1ccc(C(=O)O)c(O)c1. The number of carboxylic acid groups (broad SMARTS) is 1. The molecule has 0 aromatic heterocycles. The molecule has 2 aromatic carbocycles. The van der Waals surface area contributed by atoms with Gasteiger partial charge in [0, 0.05) is 42.7 Å². The van der Waals surface area contributed by atoms with Crippen LogP contribution in [0.4, 0.5) is 11.4 Å². The van der Waals surface area contributed by atoms with Crippen molar-refractivity contribution in [3.8, 4) is 5.75 Å². The van der Waals surface area contributed by atoms with E-state index in [-0.39, 0.29) is 29.0 Å².